The summed E-state index contributed by atoms with van der Waals surface area (Å²) in [6.45, 7) is 0. The van der Waals surface area contributed by atoms with Gasteiger partial charge in [-0.15, -0.1) is 11.6 Å². The molecule has 1 heterocycles. The Bertz CT molecular complexity index is 230. The number of hydrogen-bond donors (Lipinski definition) is 1. The Morgan fingerprint density at radius 1 is 1.70 bits per heavy atom. The summed E-state index contributed by atoms with van der Waals surface area (Å²) >= 11 is 5.41. The molecule has 1 N–H and O–H groups in total. The van der Waals surface area contributed by atoms with Crippen molar-refractivity contribution in [1.29, 1.82) is 0 Å². The molecular formula is C7H7ClN2. The Morgan fingerprint density at radius 2 is 2.60 bits per heavy atom. The molecule has 2 nitrogen and oxygen atoms in total. The van der Waals surface area contributed by atoms with Gasteiger partial charge in [0.25, 0.3) is 0 Å². The molecule has 0 atom stereocenters. The highest BCUT2D eigenvalue weighted by molar-refractivity contribution is 6.18. The van der Waals surface area contributed by atoms with Crippen LogP contribution in [0.1, 0.15) is 12.1 Å². The van der Waals surface area contributed by atoms with Gasteiger partial charge >= 0.3 is 0 Å². The van der Waals surface area contributed by atoms with Crippen LogP contribution in [0.2, 0.25) is 0 Å². The molecule has 52 valence electrons. The molecule has 10 heavy (non-hydrogen) atoms. The van der Waals surface area contributed by atoms with Crippen LogP contribution in [-0.4, -0.2) is 15.8 Å². The van der Waals surface area contributed by atoms with Gasteiger partial charge in [-0.2, -0.15) is 0 Å². The lowest BCUT2D eigenvalue weighted by molar-refractivity contribution is 1.28. The highest BCUT2D eigenvalue weighted by atomic mass is 35.5. The van der Waals surface area contributed by atoms with Crippen molar-refractivity contribution in [2.75, 3.05) is 5.88 Å². The maximum Gasteiger partial charge on any atom is 0.109 e. The summed E-state index contributed by atoms with van der Waals surface area (Å²) in [6.07, 6.45) is 4.01. The molecule has 0 fully saturated rings. The Balaban J connectivity index is 2.49. The summed E-state index contributed by atoms with van der Waals surface area (Å²) in [7, 11) is 0. The number of halogens is 1. The van der Waals surface area contributed by atoms with Crippen LogP contribution in [0, 0.1) is 11.8 Å². The lowest BCUT2D eigenvalue weighted by Crippen LogP contribution is -1.71. The number of aromatic amines is 1. The fraction of sp³-hybridized carbons (Fsp3) is 0.286. The van der Waals surface area contributed by atoms with E-state index in [1.165, 1.54) is 0 Å². The average Bonchev–Trinajstić information content (AvgIpc) is 2.41. The maximum atomic E-state index is 5.41. The van der Waals surface area contributed by atoms with Gasteiger partial charge in [0, 0.05) is 12.3 Å². The summed E-state index contributed by atoms with van der Waals surface area (Å²) in [5.41, 5.74) is 0.838. The molecule has 0 aliphatic carbocycles. The zero-order valence-electron chi connectivity index (χ0n) is 5.39. The zero-order valence-corrected chi connectivity index (χ0v) is 6.15. The third-order valence-electron chi connectivity index (χ3n) is 0.941. The van der Waals surface area contributed by atoms with Crippen molar-refractivity contribution < 1.29 is 0 Å². The van der Waals surface area contributed by atoms with Gasteiger partial charge in [-0.25, -0.2) is 4.98 Å². The van der Waals surface area contributed by atoms with E-state index in [4.69, 9.17) is 11.6 Å². The third-order valence-corrected chi connectivity index (χ3v) is 1.13. The van der Waals surface area contributed by atoms with Gasteiger partial charge in [0.2, 0.25) is 0 Å². The van der Waals surface area contributed by atoms with Crippen molar-refractivity contribution in [3.8, 4) is 11.8 Å². The van der Waals surface area contributed by atoms with Gasteiger partial charge in [-0.1, -0.05) is 5.92 Å². The Morgan fingerprint density at radius 3 is 3.20 bits per heavy atom. The van der Waals surface area contributed by atoms with Crippen LogP contribution in [0.3, 0.4) is 0 Å². The van der Waals surface area contributed by atoms with Crippen LogP contribution in [-0.2, 0) is 0 Å². The Hall–Kier alpha value is -0.940. The van der Waals surface area contributed by atoms with Gasteiger partial charge in [0.15, 0.2) is 0 Å². The number of nitrogens with one attached hydrogen (secondary N) is 1. The molecule has 0 aliphatic heterocycles. The number of hydrogen-bond acceptors (Lipinski definition) is 1. The summed E-state index contributed by atoms with van der Waals surface area (Å²) < 4.78 is 0. The van der Waals surface area contributed by atoms with Crippen molar-refractivity contribution >= 4 is 11.6 Å². The summed E-state index contributed by atoms with van der Waals surface area (Å²) in [6, 6.07) is 0. The summed E-state index contributed by atoms with van der Waals surface area (Å²) in [5.74, 6) is 6.34. The second-order valence-corrected chi connectivity index (χ2v) is 2.08. The molecule has 0 amide bonds. The minimum absolute atomic E-state index is 0.584. The number of aromatic nitrogens is 2. The number of imidazole rings is 1. The van der Waals surface area contributed by atoms with Crippen molar-refractivity contribution in [2.24, 2.45) is 0 Å². The number of H-pyrrole nitrogens is 1. The van der Waals surface area contributed by atoms with E-state index in [0.717, 1.165) is 12.1 Å². The minimum atomic E-state index is 0.584. The van der Waals surface area contributed by atoms with Crippen molar-refractivity contribution in [3.05, 3.63) is 18.2 Å². The molecule has 1 aromatic rings. The Labute approximate surface area is 64.6 Å². The number of nitrogens with zero attached hydrogens (tertiary/aromatic N) is 1. The minimum Gasteiger partial charge on any atom is -0.338 e. The highest BCUT2D eigenvalue weighted by Gasteiger charge is 1.81. The van der Waals surface area contributed by atoms with E-state index in [1.807, 2.05) is 0 Å². The fourth-order valence-corrected chi connectivity index (χ4v) is 0.624. The van der Waals surface area contributed by atoms with Crippen LogP contribution < -0.4 is 0 Å². The second kappa shape index (κ2) is 3.97. The van der Waals surface area contributed by atoms with Gasteiger partial charge in [0.1, 0.15) is 5.69 Å². The Kier molecular flexibility index (Phi) is 2.85. The molecule has 0 radical (unpaired) electrons. The van der Waals surface area contributed by atoms with E-state index in [1.54, 1.807) is 12.5 Å². The standard InChI is InChI=1S/C7H7ClN2/c8-4-2-1-3-7-5-9-6-10-7/h5-6H,2,4H2,(H,9,10). The van der Waals surface area contributed by atoms with E-state index in [2.05, 4.69) is 21.8 Å². The molecule has 0 unspecified atom stereocenters. The van der Waals surface area contributed by atoms with E-state index >= 15 is 0 Å². The molecule has 0 saturated carbocycles. The monoisotopic (exact) mass is 154 g/mol. The normalized spacial score (nSPS) is 8.50. The molecule has 1 rings (SSSR count). The third kappa shape index (κ3) is 2.12. The number of alkyl halides is 1. The molecule has 1 aromatic heterocycles. The quantitative estimate of drug-likeness (QED) is 0.481. The predicted molar refractivity (Wildman–Crippen MR) is 40.8 cm³/mol. The van der Waals surface area contributed by atoms with Gasteiger partial charge < -0.3 is 4.98 Å². The van der Waals surface area contributed by atoms with Crippen LogP contribution in [0.15, 0.2) is 12.5 Å². The lowest BCUT2D eigenvalue weighted by Gasteiger charge is -1.76. The maximum absolute atomic E-state index is 5.41. The number of rotatable bonds is 1. The van der Waals surface area contributed by atoms with Crippen LogP contribution >= 0.6 is 11.6 Å². The zero-order chi connectivity index (χ0) is 7.23. The molecule has 0 spiro atoms. The topological polar surface area (TPSA) is 28.7 Å². The second-order valence-electron chi connectivity index (χ2n) is 1.71. The lowest BCUT2D eigenvalue weighted by atomic mass is 10.4. The first-order valence-corrected chi connectivity index (χ1v) is 3.50. The van der Waals surface area contributed by atoms with Crippen molar-refractivity contribution in [3.63, 3.8) is 0 Å². The van der Waals surface area contributed by atoms with E-state index in [-0.39, 0.29) is 0 Å². The summed E-state index contributed by atoms with van der Waals surface area (Å²) in [4.78, 5) is 6.68. The van der Waals surface area contributed by atoms with Gasteiger partial charge in [-0.05, 0) is 5.92 Å². The molecular weight excluding hydrogens is 148 g/mol. The SMILES string of the molecule is ClCCC#Cc1cnc[nH]1. The van der Waals surface area contributed by atoms with Crippen LogP contribution in [0.4, 0.5) is 0 Å². The molecule has 0 aliphatic rings. The average molecular weight is 155 g/mol. The van der Waals surface area contributed by atoms with E-state index < -0.39 is 0 Å². The van der Waals surface area contributed by atoms with Crippen molar-refractivity contribution in [2.45, 2.75) is 6.42 Å². The molecule has 0 aromatic carbocycles. The van der Waals surface area contributed by atoms with E-state index in [0.29, 0.717) is 5.88 Å². The summed E-state index contributed by atoms with van der Waals surface area (Å²) in [5, 5.41) is 0. The van der Waals surface area contributed by atoms with Crippen LogP contribution in [0.5, 0.6) is 0 Å². The first-order valence-electron chi connectivity index (χ1n) is 2.96. The van der Waals surface area contributed by atoms with Crippen molar-refractivity contribution in [1.82, 2.24) is 9.97 Å². The fourth-order valence-electron chi connectivity index (χ4n) is 0.529. The van der Waals surface area contributed by atoms with E-state index in [9.17, 15) is 0 Å². The first-order chi connectivity index (χ1) is 4.93. The molecule has 3 heteroatoms. The smallest absolute Gasteiger partial charge is 0.109 e. The van der Waals surface area contributed by atoms with Crippen LogP contribution in [0.25, 0.3) is 0 Å². The largest absolute Gasteiger partial charge is 0.338 e. The highest BCUT2D eigenvalue weighted by Crippen LogP contribution is 1.87. The first kappa shape index (κ1) is 7.17. The molecule has 0 saturated heterocycles. The van der Waals surface area contributed by atoms with Gasteiger partial charge in [0.05, 0.1) is 12.5 Å². The predicted octanol–water partition coefficient (Wildman–Crippen LogP) is 1.39. The molecule has 0 bridgehead atoms. The van der Waals surface area contributed by atoms with Gasteiger partial charge in [-0.3, -0.25) is 0 Å².